The summed E-state index contributed by atoms with van der Waals surface area (Å²) in [6, 6.07) is 8.45. The largest absolute Gasteiger partial charge is 0.354 e. The van der Waals surface area contributed by atoms with Gasteiger partial charge in [0, 0.05) is 38.8 Å². The smallest absolute Gasteiger partial charge is 0.220 e. The molecule has 0 bridgehead atoms. The highest BCUT2D eigenvalue weighted by atomic mass is 127. The van der Waals surface area contributed by atoms with Crippen LogP contribution in [0.5, 0.6) is 0 Å². The maximum Gasteiger partial charge on any atom is 0.220 e. The van der Waals surface area contributed by atoms with Gasteiger partial charge in [0.15, 0.2) is 5.96 Å². The molecule has 2 aliphatic rings. The Morgan fingerprint density at radius 1 is 1.20 bits per heavy atom. The maximum absolute atomic E-state index is 12.0. The molecule has 1 aromatic carbocycles. The summed E-state index contributed by atoms with van der Waals surface area (Å²) >= 11 is 0. The van der Waals surface area contributed by atoms with E-state index in [0.717, 1.165) is 18.9 Å². The molecular weight excluding hydrogens is 427 g/mol. The van der Waals surface area contributed by atoms with Crippen molar-refractivity contribution in [2.45, 2.75) is 38.5 Å². The third-order valence-corrected chi connectivity index (χ3v) is 5.03. The summed E-state index contributed by atoms with van der Waals surface area (Å²) in [4.78, 5) is 18.6. The van der Waals surface area contributed by atoms with E-state index in [1.807, 2.05) is 7.05 Å². The van der Waals surface area contributed by atoms with E-state index in [4.69, 9.17) is 0 Å². The summed E-state index contributed by atoms with van der Waals surface area (Å²) in [5, 5.41) is 6.39. The molecule has 1 aromatic rings. The molecule has 5 nitrogen and oxygen atoms in total. The first-order valence-electron chi connectivity index (χ1n) is 9.10. The van der Waals surface area contributed by atoms with Crippen LogP contribution in [0.15, 0.2) is 29.3 Å². The fourth-order valence-electron chi connectivity index (χ4n) is 3.78. The summed E-state index contributed by atoms with van der Waals surface area (Å²) < 4.78 is 0. The van der Waals surface area contributed by atoms with Gasteiger partial charge in [0.25, 0.3) is 0 Å². The molecule has 0 unspecified atom stereocenters. The monoisotopic (exact) mass is 456 g/mol. The van der Waals surface area contributed by atoms with Gasteiger partial charge in [-0.15, -0.1) is 24.0 Å². The first-order valence-corrected chi connectivity index (χ1v) is 9.10. The molecule has 1 saturated carbocycles. The van der Waals surface area contributed by atoms with E-state index in [9.17, 15) is 4.79 Å². The third-order valence-electron chi connectivity index (χ3n) is 5.03. The Bertz CT molecular complexity index is 599. The number of aliphatic imine (C=N–C) groups is 1. The van der Waals surface area contributed by atoms with Gasteiger partial charge in [-0.2, -0.15) is 0 Å². The zero-order valence-electron chi connectivity index (χ0n) is 15.0. The first-order chi connectivity index (χ1) is 11.8. The van der Waals surface area contributed by atoms with E-state index in [-0.39, 0.29) is 29.9 Å². The topological polar surface area (TPSA) is 56.7 Å². The molecule has 1 fully saturated rings. The van der Waals surface area contributed by atoms with E-state index in [2.05, 4.69) is 44.8 Å². The summed E-state index contributed by atoms with van der Waals surface area (Å²) in [5.74, 6) is 1.67. The fraction of sp³-hybridized carbons (Fsp3) is 0.579. The minimum Gasteiger partial charge on any atom is -0.354 e. The Morgan fingerprint density at radius 2 is 1.92 bits per heavy atom. The van der Waals surface area contributed by atoms with Crippen LogP contribution in [0.4, 0.5) is 5.69 Å². The van der Waals surface area contributed by atoms with Gasteiger partial charge in [-0.1, -0.05) is 31.0 Å². The first kappa shape index (κ1) is 20.0. The number of amides is 1. The molecule has 6 heteroatoms. The van der Waals surface area contributed by atoms with Crippen molar-refractivity contribution >= 4 is 41.5 Å². The van der Waals surface area contributed by atoms with Gasteiger partial charge < -0.3 is 15.5 Å². The summed E-state index contributed by atoms with van der Waals surface area (Å²) in [5.41, 5.74) is 2.60. The minimum atomic E-state index is 0. The molecule has 0 saturated heterocycles. The van der Waals surface area contributed by atoms with E-state index >= 15 is 0 Å². The molecule has 25 heavy (non-hydrogen) atoms. The van der Waals surface area contributed by atoms with Crippen molar-refractivity contribution in [3.05, 3.63) is 29.8 Å². The van der Waals surface area contributed by atoms with Crippen LogP contribution in [0, 0.1) is 5.92 Å². The lowest BCUT2D eigenvalue weighted by molar-refractivity contribution is -0.121. The SMILES string of the molecule is CN=C(NCCNC(=O)CC1CCCC1)N1CCc2ccccc21.I. The van der Waals surface area contributed by atoms with Crippen LogP contribution in [0.3, 0.4) is 0 Å². The van der Waals surface area contributed by atoms with Crippen LogP contribution in [0.1, 0.15) is 37.7 Å². The number of rotatable bonds is 5. The van der Waals surface area contributed by atoms with Gasteiger partial charge in [-0.25, -0.2) is 0 Å². The van der Waals surface area contributed by atoms with Crippen molar-refractivity contribution in [3.63, 3.8) is 0 Å². The van der Waals surface area contributed by atoms with Crippen molar-refractivity contribution in [1.29, 1.82) is 0 Å². The van der Waals surface area contributed by atoms with Gasteiger partial charge in [-0.05, 0) is 36.8 Å². The second-order valence-corrected chi connectivity index (χ2v) is 6.71. The summed E-state index contributed by atoms with van der Waals surface area (Å²) in [6.07, 6.45) is 6.74. The molecule has 3 rings (SSSR count). The highest BCUT2D eigenvalue weighted by molar-refractivity contribution is 14.0. The zero-order valence-corrected chi connectivity index (χ0v) is 17.3. The minimum absolute atomic E-state index is 0. The van der Waals surface area contributed by atoms with Crippen LogP contribution in [-0.2, 0) is 11.2 Å². The van der Waals surface area contributed by atoms with Crippen LogP contribution < -0.4 is 15.5 Å². The lowest BCUT2D eigenvalue weighted by atomic mass is 10.0. The van der Waals surface area contributed by atoms with Gasteiger partial charge in [0.1, 0.15) is 0 Å². The molecule has 138 valence electrons. The number of guanidine groups is 1. The second kappa shape index (κ2) is 9.99. The Balaban J connectivity index is 0.00000225. The number of carbonyl (C=O) groups excluding carboxylic acids is 1. The van der Waals surface area contributed by atoms with E-state index in [1.165, 1.54) is 36.9 Å². The van der Waals surface area contributed by atoms with Crippen molar-refractivity contribution < 1.29 is 4.79 Å². The van der Waals surface area contributed by atoms with Crippen LogP contribution in [0.25, 0.3) is 0 Å². The van der Waals surface area contributed by atoms with E-state index < -0.39 is 0 Å². The number of hydrogen-bond donors (Lipinski definition) is 2. The van der Waals surface area contributed by atoms with Gasteiger partial charge in [-0.3, -0.25) is 9.79 Å². The van der Waals surface area contributed by atoms with E-state index in [0.29, 0.717) is 25.4 Å². The zero-order chi connectivity index (χ0) is 16.8. The highest BCUT2D eigenvalue weighted by Crippen LogP contribution is 2.28. The summed E-state index contributed by atoms with van der Waals surface area (Å²) in [6.45, 7) is 2.29. The Labute approximate surface area is 167 Å². The number of para-hydroxylation sites is 1. The number of hydrogen-bond acceptors (Lipinski definition) is 2. The average Bonchev–Trinajstić information content (AvgIpc) is 3.25. The molecular formula is C19H29IN4O. The average molecular weight is 456 g/mol. The number of carbonyl (C=O) groups is 1. The van der Waals surface area contributed by atoms with Crippen LogP contribution >= 0.6 is 24.0 Å². The number of nitrogens with zero attached hydrogens (tertiary/aromatic N) is 2. The fourth-order valence-corrected chi connectivity index (χ4v) is 3.78. The molecule has 0 aromatic heterocycles. The predicted octanol–water partition coefficient (Wildman–Crippen LogP) is 2.94. The second-order valence-electron chi connectivity index (χ2n) is 6.71. The lowest BCUT2D eigenvalue weighted by Crippen LogP contribution is -2.43. The van der Waals surface area contributed by atoms with Gasteiger partial charge >= 0.3 is 0 Å². The Morgan fingerprint density at radius 3 is 2.68 bits per heavy atom. The molecule has 0 atom stereocenters. The quantitative estimate of drug-likeness (QED) is 0.310. The number of nitrogens with one attached hydrogen (secondary N) is 2. The van der Waals surface area contributed by atoms with Gasteiger partial charge in [0.2, 0.25) is 5.91 Å². The van der Waals surface area contributed by atoms with Crippen molar-refractivity contribution in [2.75, 3.05) is 31.6 Å². The molecule has 1 heterocycles. The van der Waals surface area contributed by atoms with Gasteiger partial charge in [0.05, 0.1) is 0 Å². The predicted molar refractivity (Wildman–Crippen MR) is 114 cm³/mol. The normalized spacial score (nSPS) is 17.2. The van der Waals surface area contributed by atoms with Crippen LogP contribution in [-0.4, -0.2) is 38.5 Å². The highest BCUT2D eigenvalue weighted by Gasteiger charge is 2.22. The number of halogens is 1. The maximum atomic E-state index is 12.0. The molecule has 0 radical (unpaired) electrons. The lowest BCUT2D eigenvalue weighted by Gasteiger charge is -2.22. The van der Waals surface area contributed by atoms with Crippen molar-refractivity contribution in [3.8, 4) is 0 Å². The van der Waals surface area contributed by atoms with Crippen molar-refractivity contribution in [1.82, 2.24) is 10.6 Å². The van der Waals surface area contributed by atoms with E-state index in [1.54, 1.807) is 0 Å². The molecule has 2 N–H and O–H groups in total. The third kappa shape index (κ3) is 5.33. The van der Waals surface area contributed by atoms with Crippen LogP contribution in [0.2, 0.25) is 0 Å². The summed E-state index contributed by atoms with van der Waals surface area (Å²) in [7, 11) is 1.81. The number of benzene rings is 1. The number of fused-ring (bicyclic) bond motifs is 1. The molecule has 1 amide bonds. The van der Waals surface area contributed by atoms with Crippen molar-refractivity contribution in [2.24, 2.45) is 10.9 Å². The number of anilines is 1. The molecule has 1 aliphatic carbocycles. The Hall–Kier alpha value is -1.31. The molecule has 1 aliphatic heterocycles. The Kier molecular flexibility index (Phi) is 7.99. The standard InChI is InChI=1S/C19H28N4O.HI/c1-20-19(23-13-10-16-8-4-5-9-17(16)23)22-12-11-21-18(24)14-15-6-2-3-7-15;/h4-5,8-9,15H,2-3,6-7,10-14H2,1H3,(H,20,22)(H,21,24);1H. The molecule has 0 spiro atoms.